The van der Waals surface area contributed by atoms with E-state index in [2.05, 4.69) is 5.10 Å². The first-order chi connectivity index (χ1) is 10.9. The number of benzene rings is 1. The van der Waals surface area contributed by atoms with Crippen LogP contribution in [0.2, 0.25) is 5.02 Å². The van der Waals surface area contributed by atoms with Gasteiger partial charge in [-0.15, -0.1) is 0 Å². The molecule has 0 spiro atoms. The number of Topliss-reactive ketones (excluding diaryl/α,β-unsaturated/α-hetero) is 1. The molecular formula is C14H13ClF3N3O2S. The molecule has 0 amide bonds. The number of hydrogen-bond donors (Lipinski definition) is 1. The molecule has 5 nitrogen and oxygen atoms in total. The predicted octanol–water partition coefficient (Wildman–Crippen LogP) is 3.38. The highest BCUT2D eigenvalue weighted by atomic mass is 35.5. The van der Waals surface area contributed by atoms with Crippen LogP contribution in [0.1, 0.15) is 28.5 Å². The van der Waals surface area contributed by atoms with E-state index in [0.29, 0.717) is 0 Å². The summed E-state index contributed by atoms with van der Waals surface area (Å²) in [5.41, 5.74) is 5.15. The Morgan fingerprint density at radius 3 is 2.33 bits per heavy atom. The Morgan fingerprint density at radius 2 is 1.96 bits per heavy atom. The summed E-state index contributed by atoms with van der Waals surface area (Å²) in [5.74, 6) is -0.572. The van der Waals surface area contributed by atoms with Crippen molar-refractivity contribution in [1.82, 2.24) is 9.78 Å². The second-order valence-electron chi connectivity index (χ2n) is 5.11. The van der Waals surface area contributed by atoms with Crippen molar-refractivity contribution >= 4 is 34.0 Å². The van der Waals surface area contributed by atoms with Gasteiger partial charge < -0.3 is 5.73 Å². The first-order valence-corrected chi connectivity index (χ1v) is 8.49. The monoisotopic (exact) mass is 379 g/mol. The molecule has 0 radical (unpaired) electrons. The van der Waals surface area contributed by atoms with Gasteiger partial charge in [0.2, 0.25) is 0 Å². The Kier molecular flexibility index (Phi) is 4.78. The SMILES string of the molecule is CC(=O)c1nn(-c2c(C)cc(C(F)(F)F)cc2Cl)c(N)c1S(C)=O. The van der Waals surface area contributed by atoms with E-state index < -0.39 is 28.3 Å². The molecule has 0 saturated carbocycles. The summed E-state index contributed by atoms with van der Waals surface area (Å²) in [4.78, 5) is 11.7. The maximum absolute atomic E-state index is 12.9. The van der Waals surface area contributed by atoms with E-state index in [4.69, 9.17) is 17.3 Å². The van der Waals surface area contributed by atoms with Gasteiger partial charge >= 0.3 is 6.18 Å². The molecule has 1 atom stereocenters. The van der Waals surface area contributed by atoms with Crippen LogP contribution in [0.15, 0.2) is 17.0 Å². The molecule has 1 aromatic carbocycles. The third kappa shape index (κ3) is 3.18. The molecule has 2 N–H and O–H groups in total. The molecule has 2 aromatic rings. The Hall–Kier alpha value is -1.87. The van der Waals surface area contributed by atoms with Crippen molar-refractivity contribution in [3.05, 3.63) is 34.0 Å². The van der Waals surface area contributed by atoms with Gasteiger partial charge in [-0.3, -0.25) is 9.00 Å². The number of nitrogen functional groups attached to an aromatic ring is 1. The summed E-state index contributed by atoms with van der Waals surface area (Å²) >= 11 is 5.99. The average Bonchev–Trinajstić information content (AvgIpc) is 2.75. The number of hydrogen-bond acceptors (Lipinski definition) is 4. The minimum atomic E-state index is -4.55. The normalized spacial score (nSPS) is 13.1. The van der Waals surface area contributed by atoms with Gasteiger partial charge in [0.25, 0.3) is 0 Å². The van der Waals surface area contributed by atoms with E-state index in [0.717, 1.165) is 16.8 Å². The van der Waals surface area contributed by atoms with Crippen LogP contribution >= 0.6 is 11.6 Å². The zero-order chi connectivity index (χ0) is 18.4. The smallest absolute Gasteiger partial charge is 0.383 e. The molecule has 0 aliphatic carbocycles. The zero-order valence-electron chi connectivity index (χ0n) is 12.9. The number of halogens is 4. The van der Waals surface area contributed by atoms with Gasteiger partial charge in [0.15, 0.2) is 5.78 Å². The van der Waals surface area contributed by atoms with E-state index in [1.807, 2.05) is 0 Å². The van der Waals surface area contributed by atoms with Crippen LogP contribution in [0.25, 0.3) is 5.69 Å². The van der Waals surface area contributed by atoms with E-state index in [1.54, 1.807) is 0 Å². The van der Waals surface area contributed by atoms with Crippen LogP contribution in [0.5, 0.6) is 0 Å². The summed E-state index contributed by atoms with van der Waals surface area (Å²) in [7, 11) is -1.61. The molecule has 0 aliphatic rings. The summed E-state index contributed by atoms with van der Waals surface area (Å²) in [6.45, 7) is 2.64. The summed E-state index contributed by atoms with van der Waals surface area (Å²) in [5, 5.41) is 3.76. The standard InChI is InChI=1S/C14H13ClF3N3O2S/c1-6-4-8(14(16,17)18)5-9(15)11(6)21-13(19)12(24(3)23)10(20-21)7(2)22/h4-5H,19H2,1-3H3. The van der Waals surface area contributed by atoms with E-state index in [-0.39, 0.29) is 32.7 Å². The summed E-state index contributed by atoms with van der Waals surface area (Å²) in [6.07, 6.45) is -3.23. The van der Waals surface area contributed by atoms with E-state index in [9.17, 15) is 22.2 Å². The third-order valence-corrected chi connectivity index (χ3v) is 4.56. The van der Waals surface area contributed by atoms with Crippen LogP contribution in [0.4, 0.5) is 19.0 Å². The highest BCUT2D eigenvalue weighted by molar-refractivity contribution is 7.84. The fourth-order valence-corrected chi connectivity index (χ4v) is 3.45. The van der Waals surface area contributed by atoms with Crippen LogP contribution in [-0.2, 0) is 17.0 Å². The zero-order valence-corrected chi connectivity index (χ0v) is 14.4. The molecular weight excluding hydrogens is 367 g/mol. The number of aryl methyl sites for hydroxylation is 1. The molecule has 0 saturated heterocycles. The van der Waals surface area contributed by atoms with E-state index in [1.165, 1.54) is 20.1 Å². The molecule has 24 heavy (non-hydrogen) atoms. The number of carbonyl (C=O) groups is 1. The predicted molar refractivity (Wildman–Crippen MR) is 85.1 cm³/mol. The molecule has 0 aliphatic heterocycles. The summed E-state index contributed by atoms with van der Waals surface area (Å²) < 4.78 is 51.4. The highest BCUT2D eigenvalue weighted by Gasteiger charge is 2.32. The van der Waals surface area contributed by atoms with Crippen molar-refractivity contribution in [2.24, 2.45) is 0 Å². The van der Waals surface area contributed by atoms with Crippen molar-refractivity contribution in [3.8, 4) is 5.69 Å². The summed E-state index contributed by atoms with van der Waals surface area (Å²) in [6, 6.07) is 1.65. The Bertz CT molecular complexity index is 839. The van der Waals surface area contributed by atoms with Crippen LogP contribution in [0, 0.1) is 6.92 Å². The van der Waals surface area contributed by atoms with Gasteiger partial charge in [-0.05, 0) is 24.6 Å². The lowest BCUT2D eigenvalue weighted by molar-refractivity contribution is -0.137. The van der Waals surface area contributed by atoms with Crippen LogP contribution in [-0.4, -0.2) is 26.0 Å². The molecule has 0 fully saturated rings. The second-order valence-corrected chi connectivity index (χ2v) is 6.83. The lowest BCUT2D eigenvalue weighted by Crippen LogP contribution is -2.10. The molecule has 10 heteroatoms. The number of nitrogens with zero attached hydrogens (tertiary/aromatic N) is 2. The minimum absolute atomic E-state index is 0.0258. The lowest BCUT2D eigenvalue weighted by Gasteiger charge is -2.14. The van der Waals surface area contributed by atoms with Crippen molar-refractivity contribution in [3.63, 3.8) is 0 Å². The molecule has 1 aromatic heterocycles. The number of aromatic nitrogens is 2. The van der Waals surface area contributed by atoms with Crippen molar-refractivity contribution in [2.45, 2.75) is 24.9 Å². The molecule has 0 bridgehead atoms. The topological polar surface area (TPSA) is 78.0 Å². The molecule has 130 valence electrons. The van der Waals surface area contributed by atoms with Crippen LogP contribution in [0.3, 0.4) is 0 Å². The van der Waals surface area contributed by atoms with Crippen molar-refractivity contribution in [1.29, 1.82) is 0 Å². The molecule has 1 unspecified atom stereocenters. The molecule has 1 heterocycles. The second kappa shape index (κ2) is 6.21. The Labute approximate surface area is 143 Å². The maximum Gasteiger partial charge on any atom is 0.416 e. The van der Waals surface area contributed by atoms with Gasteiger partial charge in [-0.25, -0.2) is 4.68 Å². The van der Waals surface area contributed by atoms with Gasteiger partial charge in [0.1, 0.15) is 16.4 Å². The minimum Gasteiger partial charge on any atom is -0.383 e. The quantitative estimate of drug-likeness (QED) is 0.829. The fourth-order valence-electron chi connectivity index (χ4n) is 2.27. The van der Waals surface area contributed by atoms with Gasteiger partial charge in [0.05, 0.1) is 27.1 Å². The fraction of sp³-hybridized carbons (Fsp3) is 0.286. The Morgan fingerprint density at radius 1 is 1.38 bits per heavy atom. The number of nitrogens with two attached hydrogens (primary N) is 1. The van der Waals surface area contributed by atoms with Crippen molar-refractivity contribution in [2.75, 3.05) is 12.0 Å². The van der Waals surface area contributed by atoms with Crippen molar-refractivity contribution < 1.29 is 22.2 Å². The van der Waals surface area contributed by atoms with Gasteiger partial charge in [0, 0.05) is 13.2 Å². The third-order valence-electron chi connectivity index (χ3n) is 3.29. The van der Waals surface area contributed by atoms with Gasteiger partial charge in [-0.1, -0.05) is 11.6 Å². The van der Waals surface area contributed by atoms with Gasteiger partial charge in [-0.2, -0.15) is 18.3 Å². The largest absolute Gasteiger partial charge is 0.416 e. The first-order valence-electron chi connectivity index (χ1n) is 6.55. The van der Waals surface area contributed by atoms with Crippen LogP contribution < -0.4 is 5.73 Å². The maximum atomic E-state index is 12.9. The Balaban J connectivity index is 2.77. The lowest BCUT2D eigenvalue weighted by atomic mass is 10.1. The molecule has 2 rings (SSSR count). The number of ketones is 1. The number of rotatable bonds is 3. The average molecular weight is 380 g/mol. The van der Waals surface area contributed by atoms with E-state index >= 15 is 0 Å². The first kappa shape index (κ1) is 18.5. The highest BCUT2D eigenvalue weighted by Crippen LogP contribution is 2.36. The number of anilines is 1. The number of alkyl halides is 3. The number of carbonyl (C=O) groups excluding carboxylic acids is 1.